The van der Waals surface area contributed by atoms with Crippen LogP contribution in [0.15, 0.2) is 22.7 Å². The molecule has 3 heteroatoms. The van der Waals surface area contributed by atoms with E-state index in [1.807, 2.05) is 18.2 Å². The van der Waals surface area contributed by atoms with E-state index in [1.165, 1.54) is 18.4 Å². The Morgan fingerprint density at radius 3 is 2.62 bits per heavy atom. The number of benzene rings is 1. The van der Waals surface area contributed by atoms with Gasteiger partial charge in [0.05, 0.1) is 0 Å². The molecule has 0 fully saturated rings. The number of nitrogens with two attached hydrogens (primary N) is 1. The summed E-state index contributed by atoms with van der Waals surface area (Å²) in [5.41, 5.74) is 7.81. The Balaban J connectivity index is 2.45. The third-order valence-corrected chi connectivity index (χ3v) is 3.75. The summed E-state index contributed by atoms with van der Waals surface area (Å²) in [7, 11) is 0. The first-order valence-corrected chi connectivity index (χ1v) is 6.71. The van der Waals surface area contributed by atoms with Crippen molar-refractivity contribution >= 4 is 21.6 Å². The minimum absolute atomic E-state index is 0.778. The molecule has 0 aliphatic rings. The van der Waals surface area contributed by atoms with Gasteiger partial charge >= 0.3 is 0 Å². The molecule has 90 valence electrons. The van der Waals surface area contributed by atoms with E-state index in [0.717, 1.165) is 29.2 Å². The summed E-state index contributed by atoms with van der Waals surface area (Å²) >= 11 is 3.54. The van der Waals surface area contributed by atoms with Crippen LogP contribution in [0.5, 0.6) is 0 Å². The van der Waals surface area contributed by atoms with E-state index in [0.29, 0.717) is 0 Å². The first-order valence-electron chi connectivity index (χ1n) is 5.92. The van der Waals surface area contributed by atoms with E-state index >= 15 is 0 Å². The van der Waals surface area contributed by atoms with Crippen molar-refractivity contribution in [1.82, 2.24) is 5.32 Å². The van der Waals surface area contributed by atoms with Crippen LogP contribution in [-0.4, -0.2) is 6.54 Å². The lowest BCUT2D eigenvalue weighted by Crippen LogP contribution is -2.21. The van der Waals surface area contributed by atoms with Crippen LogP contribution in [0.3, 0.4) is 0 Å². The molecule has 0 saturated heterocycles. The number of hydrogen-bond acceptors (Lipinski definition) is 2. The van der Waals surface area contributed by atoms with Crippen LogP contribution in [0.2, 0.25) is 0 Å². The minimum atomic E-state index is 0.778. The third-order valence-electron chi connectivity index (χ3n) is 2.97. The summed E-state index contributed by atoms with van der Waals surface area (Å²) in [6, 6.07) is 5.93. The van der Waals surface area contributed by atoms with E-state index in [1.54, 1.807) is 0 Å². The van der Waals surface area contributed by atoms with Gasteiger partial charge in [0, 0.05) is 16.7 Å². The molecule has 0 amide bonds. The Labute approximate surface area is 107 Å². The van der Waals surface area contributed by atoms with Crippen LogP contribution in [0.1, 0.15) is 32.3 Å². The maximum absolute atomic E-state index is 5.76. The van der Waals surface area contributed by atoms with E-state index in [9.17, 15) is 0 Å². The zero-order valence-electron chi connectivity index (χ0n) is 10.1. The van der Waals surface area contributed by atoms with Gasteiger partial charge < -0.3 is 11.1 Å². The van der Waals surface area contributed by atoms with Crippen molar-refractivity contribution in [1.29, 1.82) is 0 Å². The van der Waals surface area contributed by atoms with Gasteiger partial charge in [0.2, 0.25) is 0 Å². The highest BCUT2D eigenvalue weighted by atomic mass is 79.9. The molecule has 1 rings (SSSR count). The highest BCUT2D eigenvalue weighted by Gasteiger charge is 2.04. The second kappa shape index (κ2) is 6.92. The van der Waals surface area contributed by atoms with E-state index in [4.69, 9.17) is 5.73 Å². The summed E-state index contributed by atoms with van der Waals surface area (Å²) in [6.45, 7) is 6.44. The molecule has 16 heavy (non-hydrogen) atoms. The van der Waals surface area contributed by atoms with Crippen molar-refractivity contribution < 1.29 is 0 Å². The highest BCUT2D eigenvalue weighted by Crippen LogP contribution is 2.19. The normalized spacial score (nSPS) is 11.0. The number of nitrogens with one attached hydrogen (secondary N) is 1. The predicted molar refractivity (Wildman–Crippen MR) is 74.3 cm³/mol. The summed E-state index contributed by atoms with van der Waals surface area (Å²) in [5, 5.41) is 3.49. The number of rotatable bonds is 6. The molecule has 0 radical (unpaired) electrons. The van der Waals surface area contributed by atoms with Crippen LogP contribution in [0.4, 0.5) is 5.69 Å². The second-order valence-corrected chi connectivity index (χ2v) is 5.02. The summed E-state index contributed by atoms with van der Waals surface area (Å²) < 4.78 is 1.12. The molecule has 0 aromatic heterocycles. The molecule has 0 heterocycles. The van der Waals surface area contributed by atoms with Crippen LogP contribution in [0.25, 0.3) is 0 Å². The van der Waals surface area contributed by atoms with Crippen LogP contribution in [0, 0.1) is 5.92 Å². The summed E-state index contributed by atoms with van der Waals surface area (Å²) in [4.78, 5) is 0. The molecule has 0 atom stereocenters. The van der Waals surface area contributed by atoms with Gasteiger partial charge in [-0.05, 0) is 36.2 Å². The molecule has 1 aromatic rings. The zero-order valence-corrected chi connectivity index (χ0v) is 11.7. The summed E-state index contributed by atoms with van der Waals surface area (Å²) in [5.74, 6) is 0.778. The predicted octanol–water partition coefficient (Wildman–Crippen LogP) is 3.56. The number of halogens is 1. The van der Waals surface area contributed by atoms with Crippen molar-refractivity contribution in [2.75, 3.05) is 12.3 Å². The Morgan fingerprint density at radius 1 is 1.31 bits per heavy atom. The highest BCUT2D eigenvalue weighted by molar-refractivity contribution is 9.10. The van der Waals surface area contributed by atoms with Crippen molar-refractivity contribution in [2.24, 2.45) is 5.92 Å². The second-order valence-electron chi connectivity index (χ2n) is 4.16. The molecular formula is C13H21BrN2. The fourth-order valence-electron chi connectivity index (χ4n) is 1.72. The maximum atomic E-state index is 5.76. The largest absolute Gasteiger partial charge is 0.399 e. The van der Waals surface area contributed by atoms with Crippen molar-refractivity contribution in [3.8, 4) is 0 Å². The SMILES string of the molecule is CCC(CC)CNCc1cc(N)ccc1Br. The number of anilines is 1. The lowest BCUT2D eigenvalue weighted by Gasteiger charge is -2.14. The van der Waals surface area contributed by atoms with Gasteiger partial charge in [0.15, 0.2) is 0 Å². The molecule has 0 bridgehead atoms. The molecule has 1 aromatic carbocycles. The van der Waals surface area contributed by atoms with Gasteiger partial charge in [-0.3, -0.25) is 0 Å². The lowest BCUT2D eigenvalue weighted by atomic mass is 10.0. The quantitative estimate of drug-likeness (QED) is 0.784. The first-order chi connectivity index (χ1) is 7.67. The molecule has 0 unspecified atom stereocenters. The van der Waals surface area contributed by atoms with Crippen molar-refractivity contribution in [2.45, 2.75) is 33.2 Å². The van der Waals surface area contributed by atoms with Crippen molar-refractivity contribution in [3.05, 3.63) is 28.2 Å². The smallest absolute Gasteiger partial charge is 0.0318 e. The average Bonchev–Trinajstić information content (AvgIpc) is 2.29. The van der Waals surface area contributed by atoms with Crippen molar-refractivity contribution in [3.63, 3.8) is 0 Å². The molecule has 2 nitrogen and oxygen atoms in total. The van der Waals surface area contributed by atoms with Gasteiger partial charge in [0.1, 0.15) is 0 Å². The van der Waals surface area contributed by atoms with Gasteiger partial charge in [-0.15, -0.1) is 0 Å². The standard InChI is InChI=1S/C13H21BrN2/c1-3-10(4-2)8-16-9-11-7-12(15)5-6-13(11)14/h5-7,10,16H,3-4,8-9,15H2,1-2H3. The van der Waals surface area contributed by atoms with E-state index < -0.39 is 0 Å². The topological polar surface area (TPSA) is 38.0 Å². The monoisotopic (exact) mass is 284 g/mol. The molecule has 0 spiro atoms. The van der Waals surface area contributed by atoms with Gasteiger partial charge in [0.25, 0.3) is 0 Å². The van der Waals surface area contributed by atoms with Crippen LogP contribution < -0.4 is 11.1 Å². The Bertz CT molecular complexity index is 322. The molecule has 0 aliphatic heterocycles. The molecule has 3 N–H and O–H groups in total. The zero-order chi connectivity index (χ0) is 12.0. The molecule has 0 saturated carbocycles. The van der Waals surface area contributed by atoms with Gasteiger partial charge in [-0.1, -0.05) is 42.6 Å². The summed E-state index contributed by atoms with van der Waals surface area (Å²) in [6.07, 6.45) is 2.48. The van der Waals surface area contributed by atoms with E-state index in [2.05, 4.69) is 35.1 Å². The third kappa shape index (κ3) is 4.14. The Kier molecular flexibility index (Phi) is 5.85. The van der Waals surface area contributed by atoms with E-state index in [-0.39, 0.29) is 0 Å². The first kappa shape index (κ1) is 13.5. The van der Waals surface area contributed by atoms with Gasteiger partial charge in [-0.25, -0.2) is 0 Å². The van der Waals surface area contributed by atoms with Gasteiger partial charge in [-0.2, -0.15) is 0 Å². The maximum Gasteiger partial charge on any atom is 0.0318 e. The lowest BCUT2D eigenvalue weighted by molar-refractivity contribution is 0.449. The van der Waals surface area contributed by atoms with Crippen LogP contribution in [-0.2, 0) is 6.54 Å². The van der Waals surface area contributed by atoms with Crippen LogP contribution >= 0.6 is 15.9 Å². The minimum Gasteiger partial charge on any atom is -0.399 e. The number of nitrogen functional groups attached to an aromatic ring is 1. The fourth-order valence-corrected chi connectivity index (χ4v) is 2.11. The fraction of sp³-hybridized carbons (Fsp3) is 0.538. The molecule has 0 aliphatic carbocycles. The Morgan fingerprint density at radius 2 is 2.00 bits per heavy atom. The molecular weight excluding hydrogens is 264 g/mol. The Hall–Kier alpha value is -0.540. The number of hydrogen-bond donors (Lipinski definition) is 2. The average molecular weight is 285 g/mol.